The number of aromatic amines is 1. The highest BCUT2D eigenvalue weighted by Crippen LogP contribution is 2.23. The van der Waals surface area contributed by atoms with Gasteiger partial charge in [0.2, 0.25) is 5.91 Å². The van der Waals surface area contributed by atoms with Gasteiger partial charge >= 0.3 is 6.09 Å². The molecule has 3 rings (SSSR count). The van der Waals surface area contributed by atoms with Gasteiger partial charge in [-0.2, -0.15) is 0 Å². The molecule has 3 aromatic rings. The molecular formula is C31H42N4O4. The Balaban J connectivity index is 1.83. The smallest absolute Gasteiger partial charge is 0.407 e. The summed E-state index contributed by atoms with van der Waals surface area (Å²) < 4.78 is 5.47. The van der Waals surface area contributed by atoms with Crippen LogP contribution in [0.1, 0.15) is 64.0 Å². The summed E-state index contributed by atoms with van der Waals surface area (Å²) in [7, 11) is 0. The van der Waals surface area contributed by atoms with E-state index in [4.69, 9.17) is 4.74 Å². The van der Waals surface area contributed by atoms with Crippen molar-refractivity contribution < 1.29 is 19.4 Å². The number of hydrogen-bond donors (Lipinski definition) is 4. The summed E-state index contributed by atoms with van der Waals surface area (Å²) in [4.78, 5) is 33.9. The Labute approximate surface area is 231 Å². The fraction of sp³-hybridized carbons (Fsp3) is 0.452. The van der Waals surface area contributed by atoms with Crippen LogP contribution in [0, 0.1) is 11.8 Å². The second-order valence-corrected chi connectivity index (χ2v) is 11.3. The number of hydrogen-bond acceptors (Lipinski definition) is 5. The standard InChI is InChI=1S/C31H42N4O4/c1-21(2)27(28-32-16-17-33-28)35-29(37)24(18-22-12-8-6-9-13-22)20-26(36)25(19-23-14-10-7-11-15-23)34-30(38)39-31(3,4)5/h6-17,21,24-27,36H,18-20H2,1-5H3,(H,32,33)(H,34,38)(H,35,37)/t24-,25+,26+,27+/m1/s1. The van der Waals surface area contributed by atoms with Crippen molar-refractivity contribution in [1.82, 2.24) is 20.6 Å². The van der Waals surface area contributed by atoms with Gasteiger partial charge in [-0.3, -0.25) is 4.79 Å². The number of H-pyrrole nitrogens is 1. The molecule has 0 saturated heterocycles. The molecule has 4 atom stereocenters. The van der Waals surface area contributed by atoms with Gasteiger partial charge in [-0.15, -0.1) is 0 Å². The van der Waals surface area contributed by atoms with Crippen molar-refractivity contribution in [3.05, 3.63) is 90.0 Å². The fourth-order valence-electron chi connectivity index (χ4n) is 4.52. The molecule has 2 aromatic carbocycles. The lowest BCUT2D eigenvalue weighted by atomic mass is 9.88. The van der Waals surface area contributed by atoms with Crippen molar-refractivity contribution in [2.75, 3.05) is 0 Å². The van der Waals surface area contributed by atoms with Gasteiger partial charge < -0.3 is 25.5 Å². The number of amides is 2. The monoisotopic (exact) mass is 534 g/mol. The first-order valence-electron chi connectivity index (χ1n) is 13.6. The van der Waals surface area contributed by atoms with Crippen LogP contribution in [-0.2, 0) is 22.4 Å². The average Bonchev–Trinajstić information content (AvgIpc) is 3.41. The molecule has 8 nitrogen and oxygen atoms in total. The van der Waals surface area contributed by atoms with Crippen LogP contribution in [0.4, 0.5) is 4.79 Å². The van der Waals surface area contributed by atoms with Gasteiger partial charge in [0, 0.05) is 18.3 Å². The van der Waals surface area contributed by atoms with Crippen molar-refractivity contribution >= 4 is 12.0 Å². The van der Waals surface area contributed by atoms with E-state index in [1.54, 1.807) is 33.2 Å². The Morgan fingerprint density at radius 3 is 2.05 bits per heavy atom. The number of ether oxygens (including phenoxy) is 1. The molecule has 0 bridgehead atoms. The summed E-state index contributed by atoms with van der Waals surface area (Å²) in [5.41, 5.74) is 1.27. The van der Waals surface area contributed by atoms with Crippen molar-refractivity contribution in [1.29, 1.82) is 0 Å². The van der Waals surface area contributed by atoms with Crippen molar-refractivity contribution in [2.24, 2.45) is 11.8 Å². The summed E-state index contributed by atoms with van der Waals surface area (Å²) in [5, 5.41) is 17.5. The maximum atomic E-state index is 13.7. The van der Waals surface area contributed by atoms with E-state index >= 15 is 0 Å². The van der Waals surface area contributed by atoms with Crippen LogP contribution in [0.2, 0.25) is 0 Å². The lowest BCUT2D eigenvalue weighted by Crippen LogP contribution is -2.48. The molecule has 210 valence electrons. The predicted molar refractivity (Wildman–Crippen MR) is 152 cm³/mol. The summed E-state index contributed by atoms with van der Waals surface area (Å²) in [5.74, 6) is 0.0639. The summed E-state index contributed by atoms with van der Waals surface area (Å²) in [6.07, 6.45) is 2.77. The number of nitrogens with one attached hydrogen (secondary N) is 3. The highest BCUT2D eigenvalue weighted by atomic mass is 16.6. The Hall–Kier alpha value is -3.65. The summed E-state index contributed by atoms with van der Waals surface area (Å²) in [6.45, 7) is 9.42. The largest absolute Gasteiger partial charge is 0.444 e. The van der Waals surface area contributed by atoms with Crippen LogP contribution in [0.15, 0.2) is 73.1 Å². The number of nitrogens with zero attached hydrogens (tertiary/aromatic N) is 1. The molecule has 1 aromatic heterocycles. The van der Waals surface area contributed by atoms with Crippen LogP contribution in [0.5, 0.6) is 0 Å². The Morgan fingerprint density at radius 1 is 0.949 bits per heavy atom. The second kappa shape index (κ2) is 13.9. The molecule has 0 saturated carbocycles. The summed E-state index contributed by atoms with van der Waals surface area (Å²) >= 11 is 0. The van der Waals surface area contributed by atoms with Crippen molar-refractivity contribution in [3.63, 3.8) is 0 Å². The first-order valence-corrected chi connectivity index (χ1v) is 13.6. The number of carbonyl (C=O) groups is 2. The molecule has 0 aliphatic heterocycles. The maximum absolute atomic E-state index is 13.7. The van der Waals surface area contributed by atoms with Crippen LogP contribution in [0.25, 0.3) is 0 Å². The first-order chi connectivity index (χ1) is 18.5. The molecule has 0 radical (unpaired) electrons. The number of aliphatic hydroxyl groups is 1. The topological polar surface area (TPSA) is 116 Å². The zero-order chi connectivity index (χ0) is 28.4. The molecule has 1 heterocycles. The first kappa shape index (κ1) is 29.9. The van der Waals surface area contributed by atoms with E-state index in [2.05, 4.69) is 20.6 Å². The minimum atomic E-state index is -1.00. The number of aliphatic hydroxyl groups excluding tert-OH is 1. The Kier molecular flexibility index (Phi) is 10.7. The average molecular weight is 535 g/mol. The van der Waals surface area contributed by atoms with Gasteiger partial charge in [-0.05, 0) is 57.1 Å². The summed E-state index contributed by atoms with van der Waals surface area (Å²) in [6, 6.07) is 18.4. The van der Waals surface area contributed by atoms with Gasteiger partial charge in [-0.25, -0.2) is 9.78 Å². The highest BCUT2D eigenvalue weighted by Gasteiger charge is 2.32. The van der Waals surface area contributed by atoms with Crippen LogP contribution >= 0.6 is 0 Å². The molecular weight excluding hydrogens is 492 g/mol. The quantitative estimate of drug-likeness (QED) is 0.262. The lowest BCUT2D eigenvalue weighted by molar-refractivity contribution is -0.127. The van der Waals surface area contributed by atoms with Crippen LogP contribution in [0.3, 0.4) is 0 Å². The normalized spacial score (nSPS) is 14.7. The van der Waals surface area contributed by atoms with Gasteiger partial charge in [0.25, 0.3) is 0 Å². The third kappa shape index (κ3) is 9.87. The SMILES string of the molecule is CC(C)[C@H](NC(=O)[C@H](Cc1ccccc1)C[C@H](O)[C@H](Cc1ccccc1)NC(=O)OC(C)(C)C)c1ncc[nH]1. The van der Waals surface area contributed by atoms with Crippen LogP contribution in [-0.4, -0.2) is 44.8 Å². The van der Waals surface area contributed by atoms with Gasteiger partial charge in [-0.1, -0.05) is 74.5 Å². The Morgan fingerprint density at radius 2 is 1.54 bits per heavy atom. The second-order valence-electron chi connectivity index (χ2n) is 11.3. The number of benzene rings is 2. The molecule has 2 amide bonds. The maximum Gasteiger partial charge on any atom is 0.407 e. The zero-order valence-corrected chi connectivity index (χ0v) is 23.6. The van der Waals surface area contributed by atoms with E-state index in [1.807, 2.05) is 74.5 Å². The molecule has 0 aliphatic carbocycles. The highest BCUT2D eigenvalue weighted by molar-refractivity contribution is 5.79. The third-order valence-electron chi connectivity index (χ3n) is 6.47. The van der Waals surface area contributed by atoms with Crippen molar-refractivity contribution in [3.8, 4) is 0 Å². The molecule has 8 heteroatoms. The number of carbonyl (C=O) groups excluding carboxylic acids is 2. The number of aromatic nitrogens is 2. The van der Waals surface area contributed by atoms with Crippen LogP contribution < -0.4 is 10.6 Å². The van der Waals surface area contributed by atoms with E-state index in [-0.39, 0.29) is 24.3 Å². The van der Waals surface area contributed by atoms with E-state index in [9.17, 15) is 14.7 Å². The zero-order valence-electron chi connectivity index (χ0n) is 23.6. The molecule has 0 fully saturated rings. The van der Waals surface area contributed by atoms with E-state index in [1.165, 1.54) is 0 Å². The predicted octanol–water partition coefficient (Wildman–Crippen LogP) is 4.97. The fourth-order valence-corrected chi connectivity index (χ4v) is 4.52. The van der Waals surface area contributed by atoms with E-state index < -0.39 is 29.8 Å². The molecule has 0 aliphatic rings. The minimum absolute atomic E-state index is 0.0991. The number of imidazole rings is 1. The van der Waals surface area contributed by atoms with Crippen molar-refractivity contribution in [2.45, 2.75) is 77.7 Å². The minimum Gasteiger partial charge on any atom is -0.444 e. The molecule has 0 unspecified atom stereocenters. The van der Waals surface area contributed by atoms with Gasteiger partial charge in [0.05, 0.1) is 18.2 Å². The van der Waals surface area contributed by atoms with Gasteiger partial charge in [0.15, 0.2) is 0 Å². The number of rotatable bonds is 12. The van der Waals surface area contributed by atoms with Gasteiger partial charge in [0.1, 0.15) is 11.4 Å². The van der Waals surface area contributed by atoms with E-state index in [0.29, 0.717) is 18.7 Å². The number of alkyl carbamates (subject to hydrolysis) is 1. The van der Waals surface area contributed by atoms with E-state index in [0.717, 1.165) is 11.1 Å². The lowest BCUT2D eigenvalue weighted by Gasteiger charge is -2.30. The molecule has 39 heavy (non-hydrogen) atoms. The molecule has 0 spiro atoms. The molecule has 4 N–H and O–H groups in total. The Bertz CT molecular complexity index is 1140. The third-order valence-corrected chi connectivity index (χ3v) is 6.47.